The van der Waals surface area contributed by atoms with E-state index in [0.717, 1.165) is 30.2 Å². The number of aryl methyl sites for hydroxylation is 1. The molecular formula is C16H21N3O. The molecule has 0 atom stereocenters. The molecule has 1 heterocycles. The van der Waals surface area contributed by atoms with Gasteiger partial charge < -0.3 is 14.6 Å². The Morgan fingerprint density at radius 1 is 1.40 bits per heavy atom. The van der Waals surface area contributed by atoms with Crippen LogP contribution < -0.4 is 10.1 Å². The van der Waals surface area contributed by atoms with E-state index in [1.807, 2.05) is 18.5 Å². The Balaban J connectivity index is 1.89. The Bertz CT molecular complexity index is 587. The SMILES string of the molecule is CCn1ccnc1-c1ccc(OC)c(CNC2CC2)c1. The number of hydrogen-bond acceptors (Lipinski definition) is 3. The van der Waals surface area contributed by atoms with Crippen LogP contribution in [0.15, 0.2) is 30.6 Å². The number of rotatable bonds is 6. The van der Waals surface area contributed by atoms with Crippen LogP contribution in [0.25, 0.3) is 11.4 Å². The molecule has 0 saturated heterocycles. The summed E-state index contributed by atoms with van der Waals surface area (Å²) in [4.78, 5) is 4.46. The van der Waals surface area contributed by atoms with E-state index < -0.39 is 0 Å². The highest BCUT2D eigenvalue weighted by Crippen LogP contribution is 2.27. The number of nitrogens with zero attached hydrogens (tertiary/aromatic N) is 2. The second kappa shape index (κ2) is 5.67. The molecule has 0 amide bonds. The predicted octanol–water partition coefficient (Wildman–Crippen LogP) is 2.83. The van der Waals surface area contributed by atoms with Crippen molar-refractivity contribution in [1.82, 2.24) is 14.9 Å². The molecule has 2 aromatic rings. The molecule has 0 radical (unpaired) electrons. The van der Waals surface area contributed by atoms with Gasteiger partial charge in [-0.15, -0.1) is 0 Å². The minimum atomic E-state index is 0.695. The van der Waals surface area contributed by atoms with E-state index in [0.29, 0.717) is 6.04 Å². The van der Waals surface area contributed by atoms with E-state index in [-0.39, 0.29) is 0 Å². The van der Waals surface area contributed by atoms with Gasteiger partial charge in [0.1, 0.15) is 11.6 Å². The maximum Gasteiger partial charge on any atom is 0.139 e. The molecule has 1 aromatic heterocycles. The van der Waals surface area contributed by atoms with Gasteiger partial charge in [-0.1, -0.05) is 0 Å². The van der Waals surface area contributed by atoms with Gasteiger partial charge in [0.25, 0.3) is 0 Å². The highest BCUT2D eigenvalue weighted by molar-refractivity contribution is 5.59. The van der Waals surface area contributed by atoms with E-state index in [4.69, 9.17) is 4.74 Å². The molecule has 0 unspecified atom stereocenters. The fourth-order valence-corrected chi connectivity index (χ4v) is 2.42. The number of nitrogens with one attached hydrogen (secondary N) is 1. The molecule has 1 aliphatic rings. The molecule has 106 valence electrons. The quantitative estimate of drug-likeness (QED) is 0.878. The Morgan fingerprint density at radius 2 is 2.25 bits per heavy atom. The number of aromatic nitrogens is 2. The van der Waals surface area contributed by atoms with Crippen molar-refractivity contribution < 1.29 is 4.74 Å². The molecular weight excluding hydrogens is 250 g/mol. The van der Waals surface area contributed by atoms with E-state index in [9.17, 15) is 0 Å². The van der Waals surface area contributed by atoms with Crippen LogP contribution in [-0.2, 0) is 13.1 Å². The fourth-order valence-electron chi connectivity index (χ4n) is 2.42. The van der Waals surface area contributed by atoms with Gasteiger partial charge in [0.15, 0.2) is 0 Å². The van der Waals surface area contributed by atoms with Gasteiger partial charge in [0.05, 0.1) is 7.11 Å². The molecule has 1 aliphatic carbocycles. The van der Waals surface area contributed by atoms with Gasteiger partial charge >= 0.3 is 0 Å². The molecule has 4 heteroatoms. The first-order valence-corrected chi connectivity index (χ1v) is 7.23. The number of imidazole rings is 1. The third kappa shape index (κ3) is 2.70. The lowest BCUT2D eigenvalue weighted by molar-refractivity contribution is 0.407. The lowest BCUT2D eigenvalue weighted by Gasteiger charge is -2.12. The zero-order valence-electron chi connectivity index (χ0n) is 12.1. The molecule has 0 spiro atoms. The average Bonchev–Trinajstić information content (AvgIpc) is 3.19. The molecule has 20 heavy (non-hydrogen) atoms. The van der Waals surface area contributed by atoms with Crippen LogP contribution in [0.1, 0.15) is 25.3 Å². The third-order valence-electron chi connectivity index (χ3n) is 3.75. The summed E-state index contributed by atoms with van der Waals surface area (Å²) in [6.45, 7) is 3.91. The van der Waals surface area contributed by atoms with Crippen LogP contribution in [0.2, 0.25) is 0 Å². The maximum atomic E-state index is 5.46. The van der Waals surface area contributed by atoms with E-state index >= 15 is 0 Å². The summed E-state index contributed by atoms with van der Waals surface area (Å²) in [5.41, 5.74) is 2.34. The van der Waals surface area contributed by atoms with Crippen LogP contribution in [0.3, 0.4) is 0 Å². The molecule has 3 rings (SSSR count). The van der Waals surface area contributed by atoms with Crippen molar-refractivity contribution in [2.24, 2.45) is 0 Å². The molecule has 4 nitrogen and oxygen atoms in total. The van der Waals surface area contributed by atoms with E-state index in [1.54, 1.807) is 7.11 Å². The van der Waals surface area contributed by atoms with Crippen LogP contribution in [0.5, 0.6) is 5.75 Å². The highest BCUT2D eigenvalue weighted by atomic mass is 16.5. The van der Waals surface area contributed by atoms with Crippen molar-refractivity contribution in [1.29, 1.82) is 0 Å². The summed E-state index contributed by atoms with van der Waals surface area (Å²) >= 11 is 0. The summed E-state index contributed by atoms with van der Waals surface area (Å²) in [6.07, 6.45) is 6.46. The number of methoxy groups -OCH3 is 1. The summed E-state index contributed by atoms with van der Waals surface area (Å²) in [7, 11) is 1.72. The van der Waals surface area contributed by atoms with Gasteiger partial charge in [-0.2, -0.15) is 0 Å². The topological polar surface area (TPSA) is 39.1 Å². The van der Waals surface area contributed by atoms with Crippen molar-refractivity contribution in [2.75, 3.05) is 7.11 Å². The van der Waals surface area contributed by atoms with Crippen LogP contribution in [0, 0.1) is 0 Å². The van der Waals surface area contributed by atoms with Crippen molar-refractivity contribution in [3.05, 3.63) is 36.2 Å². The Morgan fingerprint density at radius 3 is 2.95 bits per heavy atom. The summed E-state index contributed by atoms with van der Waals surface area (Å²) in [5.74, 6) is 1.96. The first-order chi connectivity index (χ1) is 9.81. The second-order valence-corrected chi connectivity index (χ2v) is 5.22. The molecule has 1 N–H and O–H groups in total. The largest absolute Gasteiger partial charge is 0.496 e. The van der Waals surface area contributed by atoms with Gasteiger partial charge in [-0.3, -0.25) is 0 Å². The molecule has 1 aromatic carbocycles. The zero-order chi connectivity index (χ0) is 13.9. The third-order valence-corrected chi connectivity index (χ3v) is 3.75. The fraction of sp³-hybridized carbons (Fsp3) is 0.438. The van der Waals surface area contributed by atoms with E-state index in [1.165, 1.54) is 18.4 Å². The van der Waals surface area contributed by atoms with Crippen molar-refractivity contribution >= 4 is 0 Å². The minimum absolute atomic E-state index is 0.695. The first kappa shape index (κ1) is 13.2. The summed E-state index contributed by atoms with van der Waals surface area (Å²) in [6, 6.07) is 6.99. The lowest BCUT2D eigenvalue weighted by atomic mass is 10.1. The Kier molecular flexibility index (Phi) is 3.74. The zero-order valence-corrected chi connectivity index (χ0v) is 12.1. The van der Waals surface area contributed by atoms with Crippen LogP contribution in [0.4, 0.5) is 0 Å². The molecule has 1 fully saturated rings. The van der Waals surface area contributed by atoms with Crippen molar-refractivity contribution in [3.63, 3.8) is 0 Å². The van der Waals surface area contributed by atoms with E-state index in [2.05, 4.69) is 33.9 Å². The smallest absolute Gasteiger partial charge is 0.139 e. The normalized spacial score (nSPS) is 14.5. The monoisotopic (exact) mass is 271 g/mol. The van der Waals surface area contributed by atoms with Crippen LogP contribution >= 0.6 is 0 Å². The minimum Gasteiger partial charge on any atom is -0.496 e. The number of ether oxygens (including phenoxy) is 1. The maximum absolute atomic E-state index is 5.46. The standard InChI is InChI=1S/C16H21N3O/c1-3-19-9-8-17-16(19)12-4-7-15(20-2)13(10-12)11-18-14-5-6-14/h4,7-10,14,18H,3,5-6,11H2,1-2H3. The highest BCUT2D eigenvalue weighted by Gasteiger charge is 2.20. The summed E-state index contributed by atoms with van der Waals surface area (Å²) in [5, 5.41) is 3.54. The van der Waals surface area contributed by atoms with Gasteiger partial charge in [0, 0.05) is 42.7 Å². The van der Waals surface area contributed by atoms with Crippen LogP contribution in [-0.4, -0.2) is 22.7 Å². The molecule has 0 bridgehead atoms. The lowest BCUT2D eigenvalue weighted by Crippen LogP contribution is -2.16. The van der Waals surface area contributed by atoms with Gasteiger partial charge in [-0.25, -0.2) is 4.98 Å². The predicted molar refractivity (Wildman–Crippen MR) is 79.8 cm³/mol. The number of hydrogen-bond donors (Lipinski definition) is 1. The van der Waals surface area contributed by atoms with Crippen molar-refractivity contribution in [2.45, 2.75) is 38.9 Å². The Hall–Kier alpha value is -1.81. The first-order valence-electron chi connectivity index (χ1n) is 7.23. The van der Waals surface area contributed by atoms with Gasteiger partial charge in [0.2, 0.25) is 0 Å². The summed E-state index contributed by atoms with van der Waals surface area (Å²) < 4.78 is 7.61. The average molecular weight is 271 g/mol. The number of benzene rings is 1. The molecule has 1 saturated carbocycles. The molecule has 0 aliphatic heterocycles. The Labute approximate surface area is 119 Å². The van der Waals surface area contributed by atoms with Gasteiger partial charge in [-0.05, 0) is 38.0 Å². The second-order valence-electron chi connectivity index (χ2n) is 5.22. The van der Waals surface area contributed by atoms with Crippen molar-refractivity contribution in [3.8, 4) is 17.1 Å².